The van der Waals surface area contributed by atoms with Crippen molar-refractivity contribution in [3.05, 3.63) is 35.9 Å². The average molecular weight is 221 g/mol. The Hall–Kier alpha value is -1.35. The maximum Gasteiger partial charge on any atom is 0.303 e. The predicted molar refractivity (Wildman–Crippen MR) is 64.3 cm³/mol. The van der Waals surface area contributed by atoms with Crippen molar-refractivity contribution < 1.29 is 9.90 Å². The van der Waals surface area contributed by atoms with Crippen molar-refractivity contribution in [2.24, 2.45) is 5.73 Å². The average Bonchev–Trinajstić information content (AvgIpc) is 2.29. The van der Waals surface area contributed by atoms with E-state index in [9.17, 15) is 4.79 Å². The molecule has 1 aromatic carbocycles. The van der Waals surface area contributed by atoms with Crippen molar-refractivity contribution in [2.75, 3.05) is 0 Å². The Labute approximate surface area is 96.3 Å². The molecule has 0 saturated carbocycles. The first-order chi connectivity index (χ1) is 7.65. The molecule has 0 bridgehead atoms. The summed E-state index contributed by atoms with van der Waals surface area (Å²) < 4.78 is 0. The number of carbonyl (C=O) groups is 1. The van der Waals surface area contributed by atoms with E-state index in [0.29, 0.717) is 6.42 Å². The fourth-order valence-corrected chi connectivity index (χ4v) is 1.98. The van der Waals surface area contributed by atoms with Gasteiger partial charge in [-0.05, 0) is 24.3 Å². The summed E-state index contributed by atoms with van der Waals surface area (Å²) in [5.41, 5.74) is 7.24. The third-order valence-electron chi connectivity index (χ3n) is 2.88. The van der Waals surface area contributed by atoms with E-state index in [1.165, 1.54) is 5.56 Å². The van der Waals surface area contributed by atoms with Gasteiger partial charge in [-0.1, -0.05) is 37.3 Å². The lowest BCUT2D eigenvalue weighted by atomic mass is 9.87. The second-order valence-electron chi connectivity index (χ2n) is 4.02. The monoisotopic (exact) mass is 221 g/mol. The Morgan fingerprint density at radius 2 is 2.00 bits per heavy atom. The van der Waals surface area contributed by atoms with Gasteiger partial charge >= 0.3 is 5.97 Å². The molecular weight excluding hydrogens is 202 g/mol. The Bertz CT molecular complexity index is 324. The van der Waals surface area contributed by atoms with Crippen LogP contribution in [0.5, 0.6) is 0 Å². The molecule has 0 saturated heterocycles. The third-order valence-corrected chi connectivity index (χ3v) is 2.88. The number of benzene rings is 1. The van der Waals surface area contributed by atoms with Crippen molar-refractivity contribution >= 4 is 5.97 Å². The van der Waals surface area contributed by atoms with E-state index in [-0.39, 0.29) is 18.4 Å². The quantitative estimate of drug-likeness (QED) is 0.775. The van der Waals surface area contributed by atoms with Crippen LogP contribution in [0, 0.1) is 0 Å². The Morgan fingerprint density at radius 1 is 1.38 bits per heavy atom. The molecule has 0 aliphatic rings. The summed E-state index contributed by atoms with van der Waals surface area (Å²) in [6, 6.07) is 9.97. The van der Waals surface area contributed by atoms with E-state index in [4.69, 9.17) is 10.8 Å². The molecule has 88 valence electrons. The summed E-state index contributed by atoms with van der Waals surface area (Å²) in [4.78, 5) is 10.5. The van der Waals surface area contributed by atoms with Crippen molar-refractivity contribution in [1.29, 1.82) is 0 Å². The van der Waals surface area contributed by atoms with Crippen LogP contribution < -0.4 is 5.73 Å². The molecule has 2 atom stereocenters. The minimum atomic E-state index is -0.779. The molecule has 0 radical (unpaired) electrons. The summed E-state index contributed by atoms with van der Waals surface area (Å²) in [5, 5.41) is 8.63. The Morgan fingerprint density at radius 3 is 2.50 bits per heavy atom. The van der Waals surface area contributed by atoms with Crippen LogP contribution in [0.3, 0.4) is 0 Å². The van der Waals surface area contributed by atoms with Gasteiger partial charge in [-0.2, -0.15) is 0 Å². The van der Waals surface area contributed by atoms with Crippen LogP contribution in [0.4, 0.5) is 0 Å². The topological polar surface area (TPSA) is 63.3 Å². The van der Waals surface area contributed by atoms with Gasteiger partial charge in [0.15, 0.2) is 0 Å². The van der Waals surface area contributed by atoms with E-state index in [2.05, 4.69) is 19.1 Å². The maximum absolute atomic E-state index is 10.5. The fraction of sp³-hybridized carbons (Fsp3) is 0.462. The smallest absolute Gasteiger partial charge is 0.303 e. The van der Waals surface area contributed by atoms with E-state index in [1.54, 1.807) is 0 Å². The van der Waals surface area contributed by atoms with Crippen LogP contribution >= 0.6 is 0 Å². The molecule has 0 amide bonds. The second kappa shape index (κ2) is 6.28. The van der Waals surface area contributed by atoms with Crippen LogP contribution in [0.1, 0.15) is 37.7 Å². The van der Waals surface area contributed by atoms with Gasteiger partial charge < -0.3 is 10.8 Å². The van der Waals surface area contributed by atoms with E-state index in [0.717, 1.165) is 6.42 Å². The van der Waals surface area contributed by atoms with E-state index >= 15 is 0 Å². The molecule has 1 rings (SSSR count). The van der Waals surface area contributed by atoms with E-state index in [1.807, 2.05) is 18.2 Å². The van der Waals surface area contributed by atoms with Gasteiger partial charge in [0.05, 0.1) is 0 Å². The zero-order chi connectivity index (χ0) is 12.0. The van der Waals surface area contributed by atoms with Gasteiger partial charge in [0.1, 0.15) is 0 Å². The number of hydrogen-bond donors (Lipinski definition) is 2. The maximum atomic E-state index is 10.5. The van der Waals surface area contributed by atoms with Gasteiger partial charge in [-0.3, -0.25) is 4.79 Å². The highest BCUT2D eigenvalue weighted by atomic mass is 16.4. The number of aliphatic carboxylic acids is 1. The molecule has 0 heterocycles. The molecule has 1 aromatic rings. The largest absolute Gasteiger partial charge is 0.481 e. The molecule has 16 heavy (non-hydrogen) atoms. The highest BCUT2D eigenvalue weighted by Crippen LogP contribution is 2.24. The lowest BCUT2D eigenvalue weighted by Gasteiger charge is -2.22. The Balaban J connectivity index is 2.63. The van der Waals surface area contributed by atoms with Gasteiger partial charge in [0, 0.05) is 12.5 Å². The lowest BCUT2D eigenvalue weighted by Crippen LogP contribution is -2.28. The molecular formula is C13H19NO2. The van der Waals surface area contributed by atoms with Crippen molar-refractivity contribution in [3.8, 4) is 0 Å². The number of hydrogen-bond acceptors (Lipinski definition) is 2. The summed E-state index contributed by atoms with van der Waals surface area (Å²) in [7, 11) is 0. The van der Waals surface area contributed by atoms with Gasteiger partial charge in [-0.25, -0.2) is 0 Å². The molecule has 3 heteroatoms. The first kappa shape index (κ1) is 12.7. The molecule has 0 fully saturated rings. The van der Waals surface area contributed by atoms with Crippen LogP contribution in [0.15, 0.2) is 30.3 Å². The van der Waals surface area contributed by atoms with Crippen LogP contribution in [-0.4, -0.2) is 17.1 Å². The SMILES string of the molecule is CCC(c1ccccc1)C(N)CCC(=O)O. The molecule has 0 aliphatic carbocycles. The molecule has 0 spiro atoms. The highest BCUT2D eigenvalue weighted by Gasteiger charge is 2.18. The van der Waals surface area contributed by atoms with Crippen molar-refractivity contribution in [3.63, 3.8) is 0 Å². The number of carboxylic acid groups (broad SMARTS) is 1. The standard InChI is InChI=1S/C13H19NO2/c1-2-11(10-6-4-3-5-7-10)12(14)8-9-13(15)16/h3-7,11-12H,2,8-9,14H2,1H3,(H,15,16). The summed E-state index contributed by atoms with van der Waals surface area (Å²) in [5.74, 6) is -0.529. The second-order valence-corrected chi connectivity index (χ2v) is 4.02. The summed E-state index contributed by atoms with van der Waals surface area (Å²) in [6.07, 6.45) is 1.61. The van der Waals surface area contributed by atoms with Gasteiger partial charge in [0.25, 0.3) is 0 Å². The number of rotatable bonds is 6. The van der Waals surface area contributed by atoms with Gasteiger partial charge in [-0.15, -0.1) is 0 Å². The number of carboxylic acids is 1. The molecule has 2 unspecified atom stereocenters. The lowest BCUT2D eigenvalue weighted by molar-refractivity contribution is -0.137. The van der Waals surface area contributed by atoms with Crippen molar-refractivity contribution in [1.82, 2.24) is 0 Å². The molecule has 0 aromatic heterocycles. The first-order valence-corrected chi connectivity index (χ1v) is 5.67. The third kappa shape index (κ3) is 3.66. The fourth-order valence-electron chi connectivity index (χ4n) is 1.98. The molecule has 0 aliphatic heterocycles. The van der Waals surface area contributed by atoms with Crippen LogP contribution in [0.25, 0.3) is 0 Å². The van der Waals surface area contributed by atoms with Crippen LogP contribution in [0.2, 0.25) is 0 Å². The minimum Gasteiger partial charge on any atom is -0.481 e. The molecule has 3 nitrogen and oxygen atoms in total. The summed E-state index contributed by atoms with van der Waals surface area (Å²) >= 11 is 0. The van der Waals surface area contributed by atoms with E-state index < -0.39 is 5.97 Å². The number of nitrogens with two attached hydrogens (primary N) is 1. The summed E-state index contributed by atoms with van der Waals surface area (Å²) in [6.45, 7) is 2.08. The Kier molecular flexibility index (Phi) is 4.99. The highest BCUT2D eigenvalue weighted by molar-refractivity contribution is 5.66. The van der Waals surface area contributed by atoms with Crippen LogP contribution in [-0.2, 0) is 4.79 Å². The first-order valence-electron chi connectivity index (χ1n) is 5.67. The molecule has 3 N–H and O–H groups in total. The zero-order valence-corrected chi connectivity index (χ0v) is 9.60. The predicted octanol–water partition coefficient (Wildman–Crippen LogP) is 2.37. The van der Waals surface area contributed by atoms with Gasteiger partial charge in [0.2, 0.25) is 0 Å². The zero-order valence-electron chi connectivity index (χ0n) is 9.60. The minimum absolute atomic E-state index is 0.0801. The normalized spacial score (nSPS) is 14.4. The van der Waals surface area contributed by atoms with Crippen molar-refractivity contribution in [2.45, 2.75) is 38.1 Å².